The van der Waals surface area contributed by atoms with Crippen molar-refractivity contribution in [2.75, 3.05) is 0 Å². The Labute approximate surface area is 67.0 Å². The number of hydrogen-bond donors (Lipinski definition) is 1. The fourth-order valence-corrected chi connectivity index (χ4v) is 1.06. The van der Waals surface area contributed by atoms with Crippen molar-refractivity contribution >= 4 is 5.91 Å². The molecule has 60 valence electrons. The molecule has 0 bridgehead atoms. The second-order valence-electron chi connectivity index (χ2n) is 2.72. The van der Waals surface area contributed by atoms with Crippen LogP contribution >= 0.6 is 0 Å². The lowest BCUT2D eigenvalue weighted by molar-refractivity contribution is -0.120. The summed E-state index contributed by atoms with van der Waals surface area (Å²) in [7, 11) is 0. The Morgan fingerprint density at radius 1 is 1.45 bits per heavy atom. The van der Waals surface area contributed by atoms with E-state index in [0.29, 0.717) is 12.1 Å². The van der Waals surface area contributed by atoms with Gasteiger partial charge in [0.25, 0.3) is 0 Å². The van der Waals surface area contributed by atoms with Crippen LogP contribution in [0.1, 0.15) is 25.7 Å². The summed E-state index contributed by atoms with van der Waals surface area (Å²) in [6.45, 7) is 3.69. The maximum Gasteiger partial charge on any atom is 0.224 e. The van der Waals surface area contributed by atoms with E-state index in [-0.39, 0.29) is 5.91 Å². The molecule has 11 heavy (non-hydrogen) atoms. The lowest BCUT2D eigenvalue weighted by Gasteiger charge is -2.00. The molecule has 0 unspecified atom stereocenters. The first kappa shape index (κ1) is 8.05. The third-order valence-corrected chi connectivity index (χ3v) is 1.64. The molecule has 2 nitrogen and oxygen atoms in total. The molecule has 2 heteroatoms. The number of allylic oxidation sites excluding steroid dienone is 2. The third kappa shape index (κ3) is 3.03. The number of carbonyl (C=O) groups excluding carboxylic acids is 1. The Morgan fingerprint density at radius 2 is 2.27 bits per heavy atom. The first-order chi connectivity index (χ1) is 5.29. The van der Waals surface area contributed by atoms with Gasteiger partial charge in [0.15, 0.2) is 0 Å². The number of amides is 1. The van der Waals surface area contributed by atoms with Crippen LogP contribution in [0.3, 0.4) is 0 Å². The Bertz CT molecular complexity index is 194. The summed E-state index contributed by atoms with van der Waals surface area (Å²) < 4.78 is 0. The van der Waals surface area contributed by atoms with Crippen LogP contribution in [0, 0.1) is 0 Å². The van der Waals surface area contributed by atoms with E-state index in [0.717, 1.165) is 19.3 Å². The Hall–Kier alpha value is -1.05. The monoisotopic (exact) mass is 151 g/mol. The molecule has 1 heterocycles. The van der Waals surface area contributed by atoms with Crippen LogP contribution in [-0.2, 0) is 4.79 Å². The second-order valence-corrected chi connectivity index (χ2v) is 2.72. The van der Waals surface area contributed by atoms with Crippen LogP contribution in [0.15, 0.2) is 24.4 Å². The van der Waals surface area contributed by atoms with E-state index < -0.39 is 0 Å². The molecule has 1 N–H and O–H groups in total. The average molecular weight is 151 g/mol. The molecule has 1 rings (SSSR count). The van der Waals surface area contributed by atoms with Crippen molar-refractivity contribution in [3.8, 4) is 0 Å². The first-order valence-electron chi connectivity index (χ1n) is 3.94. The van der Waals surface area contributed by atoms with Crippen molar-refractivity contribution in [2.24, 2.45) is 0 Å². The van der Waals surface area contributed by atoms with Gasteiger partial charge in [-0.2, -0.15) is 0 Å². The van der Waals surface area contributed by atoms with Gasteiger partial charge in [-0.1, -0.05) is 12.7 Å². The molecule has 0 fully saturated rings. The topological polar surface area (TPSA) is 29.1 Å². The summed E-state index contributed by atoms with van der Waals surface area (Å²) in [4.78, 5) is 11.0. The van der Waals surface area contributed by atoms with Crippen molar-refractivity contribution in [2.45, 2.75) is 25.7 Å². The third-order valence-electron chi connectivity index (χ3n) is 1.64. The molecule has 0 aliphatic carbocycles. The van der Waals surface area contributed by atoms with Crippen molar-refractivity contribution in [3.63, 3.8) is 0 Å². The zero-order valence-corrected chi connectivity index (χ0v) is 6.60. The van der Waals surface area contributed by atoms with Crippen molar-refractivity contribution < 1.29 is 4.79 Å². The SMILES string of the molecule is C=C1/C=C\CCCCC(=O)N1. The van der Waals surface area contributed by atoms with Gasteiger partial charge in [0.05, 0.1) is 0 Å². The highest BCUT2D eigenvalue weighted by atomic mass is 16.1. The minimum absolute atomic E-state index is 0.0848. The molecular formula is C9H13NO. The maximum atomic E-state index is 11.0. The van der Waals surface area contributed by atoms with Crippen molar-refractivity contribution in [3.05, 3.63) is 24.4 Å². The molecule has 1 aliphatic rings. The number of nitrogens with one attached hydrogen (secondary N) is 1. The van der Waals surface area contributed by atoms with E-state index in [1.165, 1.54) is 0 Å². The van der Waals surface area contributed by atoms with Crippen LogP contribution in [0.25, 0.3) is 0 Å². The first-order valence-corrected chi connectivity index (χ1v) is 3.94. The van der Waals surface area contributed by atoms with E-state index in [2.05, 4.69) is 11.9 Å². The quantitative estimate of drug-likeness (QED) is 0.561. The molecule has 0 aromatic rings. The van der Waals surface area contributed by atoms with Crippen molar-refractivity contribution in [1.29, 1.82) is 0 Å². The minimum atomic E-state index is 0.0848. The van der Waals surface area contributed by atoms with Gasteiger partial charge in [0.1, 0.15) is 0 Å². The normalized spacial score (nSPS) is 22.9. The molecule has 0 aromatic heterocycles. The Kier molecular flexibility index (Phi) is 2.90. The van der Waals surface area contributed by atoms with Crippen LogP contribution in [0.4, 0.5) is 0 Å². The zero-order valence-electron chi connectivity index (χ0n) is 6.60. The van der Waals surface area contributed by atoms with Crippen LogP contribution in [0.2, 0.25) is 0 Å². The van der Waals surface area contributed by atoms with Crippen LogP contribution in [0.5, 0.6) is 0 Å². The highest BCUT2D eigenvalue weighted by molar-refractivity contribution is 5.78. The van der Waals surface area contributed by atoms with Gasteiger partial charge in [-0.05, 0) is 25.3 Å². The summed E-state index contributed by atoms with van der Waals surface area (Å²) in [6, 6.07) is 0. The Morgan fingerprint density at radius 3 is 3.09 bits per heavy atom. The fourth-order valence-electron chi connectivity index (χ4n) is 1.06. The molecule has 1 aliphatic heterocycles. The molecule has 0 saturated carbocycles. The van der Waals surface area contributed by atoms with Gasteiger partial charge in [-0.25, -0.2) is 0 Å². The maximum absolute atomic E-state index is 11.0. The standard InChI is InChI=1S/C9H13NO/c1-8-6-4-2-3-5-7-9(11)10-8/h4,6H,1-3,5,7H2,(H,10,11)/b6-4-. The zero-order chi connectivity index (χ0) is 8.10. The number of hydrogen-bond acceptors (Lipinski definition) is 1. The van der Waals surface area contributed by atoms with Gasteiger partial charge in [0, 0.05) is 12.1 Å². The van der Waals surface area contributed by atoms with Crippen molar-refractivity contribution in [1.82, 2.24) is 5.32 Å². The molecule has 0 atom stereocenters. The minimum Gasteiger partial charge on any atom is -0.327 e. The highest BCUT2D eigenvalue weighted by Crippen LogP contribution is 2.04. The van der Waals surface area contributed by atoms with E-state index in [1.807, 2.05) is 12.2 Å². The van der Waals surface area contributed by atoms with Gasteiger partial charge < -0.3 is 5.32 Å². The van der Waals surface area contributed by atoms with Gasteiger partial charge in [0.2, 0.25) is 5.91 Å². The number of carbonyl (C=O) groups is 1. The molecule has 0 radical (unpaired) electrons. The smallest absolute Gasteiger partial charge is 0.224 e. The summed E-state index contributed by atoms with van der Waals surface area (Å²) in [5.74, 6) is 0.0848. The van der Waals surface area contributed by atoms with E-state index in [9.17, 15) is 4.79 Å². The summed E-state index contributed by atoms with van der Waals surface area (Å²) in [5, 5.41) is 2.70. The average Bonchev–Trinajstić information content (AvgIpc) is 2.02. The summed E-state index contributed by atoms with van der Waals surface area (Å²) in [5.41, 5.74) is 0.705. The molecule has 0 spiro atoms. The van der Waals surface area contributed by atoms with Gasteiger partial charge >= 0.3 is 0 Å². The van der Waals surface area contributed by atoms with Crippen LogP contribution < -0.4 is 5.32 Å². The molecule has 1 amide bonds. The Balaban J connectivity index is 2.52. The van der Waals surface area contributed by atoms with E-state index in [4.69, 9.17) is 0 Å². The molecular weight excluding hydrogens is 138 g/mol. The second kappa shape index (κ2) is 3.96. The molecule has 0 saturated heterocycles. The molecule has 0 aromatic carbocycles. The lowest BCUT2D eigenvalue weighted by Crippen LogP contribution is -2.20. The summed E-state index contributed by atoms with van der Waals surface area (Å²) >= 11 is 0. The predicted molar refractivity (Wildman–Crippen MR) is 44.9 cm³/mol. The largest absolute Gasteiger partial charge is 0.327 e. The fraction of sp³-hybridized carbons (Fsp3) is 0.444. The van der Waals surface area contributed by atoms with E-state index >= 15 is 0 Å². The summed E-state index contributed by atoms with van der Waals surface area (Å²) in [6.07, 6.45) is 7.66. The predicted octanol–water partition coefficient (Wildman–Crippen LogP) is 1.75. The number of rotatable bonds is 0. The van der Waals surface area contributed by atoms with Crippen LogP contribution in [-0.4, -0.2) is 5.91 Å². The van der Waals surface area contributed by atoms with Gasteiger partial charge in [-0.15, -0.1) is 0 Å². The highest BCUT2D eigenvalue weighted by Gasteiger charge is 2.02. The van der Waals surface area contributed by atoms with Gasteiger partial charge in [-0.3, -0.25) is 4.79 Å². The lowest BCUT2D eigenvalue weighted by atomic mass is 10.2. The van der Waals surface area contributed by atoms with E-state index in [1.54, 1.807) is 0 Å².